The van der Waals surface area contributed by atoms with E-state index in [-0.39, 0.29) is 0 Å². The van der Waals surface area contributed by atoms with Gasteiger partial charge in [-0.05, 0) is 91.3 Å². The molecule has 0 aliphatic heterocycles. The molecule has 0 radical (unpaired) electrons. The summed E-state index contributed by atoms with van der Waals surface area (Å²) in [5, 5.41) is 11.3. The summed E-state index contributed by atoms with van der Waals surface area (Å²) in [6.45, 7) is 4.02. The van der Waals surface area contributed by atoms with Crippen LogP contribution in [0.4, 0.5) is 0 Å². The SMILES string of the molecule is C=Cc1cc2c(ccc3c4cc5cc(-c6cccs6)sc5cc4ccc23)cc1SC. The molecule has 0 aliphatic rings. The summed E-state index contributed by atoms with van der Waals surface area (Å²) in [7, 11) is 0. The van der Waals surface area contributed by atoms with E-state index < -0.39 is 0 Å². The van der Waals surface area contributed by atoms with Gasteiger partial charge in [0.05, 0.1) is 0 Å². The summed E-state index contributed by atoms with van der Waals surface area (Å²) < 4.78 is 1.35. The van der Waals surface area contributed by atoms with Crippen LogP contribution in [-0.4, -0.2) is 6.26 Å². The number of rotatable bonds is 3. The van der Waals surface area contributed by atoms with Gasteiger partial charge < -0.3 is 0 Å². The van der Waals surface area contributed by atoms with Crippen molar-refractivity contribution in [2.45, 2.75) is 4.90 Å². The zero-order chi connectivity index (χ0) is 20.2. The molecule has 2 heterocycles. The van der Waals surface area contributed by atoms with Crippen molar-refractivity contribution < 1.29 is 0 Å². The molecule has 0 amide bonds. The molecule has 0 N–H and O–H groups in total. The Bertz CT molecular complexity index is 1580. The lowest BCUT2D eigenvalue weighted by Crippen LogP contribution is -1.85. The van der Waals surface area contributed by atoms with Crippen LogP contribution in [0, 0.1) is 0 Å². The third-order valence-electron chi connectivity index (χ3n) is 5.80. The molecule has 0 unspecified atom stereocenters. The van der Waals surface area contributed by atoms with Gasteiger partial charge in [-0.1, -0.05) is 43.0 Å². The molecule has 0 fully saturated rings. The fraction of sp³-hybridized carbons (Fsp3) is 0.0370. The third kappa shape index (κ3) is 2.73. The lowest BCUT2D eigenvalue weighted by molar-refractivity contribution is 1.48. The van der Waals surface area contributed by atoms with Crippen molar-refractivity contribution >= 4 is 82.9 Å². The van der Waals surface area contributed by atoms with Crippen molar-refractivity contribution in [1.82, 2.24) is 0 Å². The van der Waals surface area contributed by atoms with Gasteiger partial charge in [0.15, 0.2) is 0 Å². The maximum atomic E-state index is 4.02. The molecule has 0 atom stereocenters. The minimum absolute atomic E-state index is 1.21. The van der Waals surface area contributed by atoms with Gasteiger partial charge in [-0.15, -0.1) is 34.4 Å². The molecule has 0 saturated heterocycles. The first-order chi connectivity index (χ1) is 14.7. The fourth-order valence-electron chi connectivity index (χ4n) is 4.33. The standard InChI is InChI=1S/C27H18S3/c1-3-16-11-22-17(13-25(16)28-2)6-8-21-20(22)9-7-18-14-26-19(12-23(18)21)15-27(30-26)24-5-4-10-29-24/h3-15H,1H2,2H3. The van der Waals surface area contributed by atoms with Gasteiger partial charge in [0, 0.05) is 19.3 Å². The van der Waals surface area contributed by atoms with Crippen LogP contribution in [0.3, 0.4) is 0 Å². The smallest absolute Gasteiger partial charge is 0.0455 e. The fourth-order valence-corrected chi connectivity index (χ4v) is 6.87. The van der Waals surface area contributed by atoms with Crippen LogP contribution < -0.4 is 0 Å². The minimum atomic E-state index is 1.21. The molecule has 2 aromatic heterocycles. The Morgan fingerprint density at radius 2 is 1.53 bits per heavy atom. The first-order valence-corrected chi connectivity index (χ1v) is 12.7. The lowest BCUT2D eigenvalue weighted by atomic mass is 9.95. The van der Waals surface area contributed by atoms with Gasteiger partial charge in [-0.25, -0.2) is 0 Å². The normalized spacial score (nSPS) is 11.8. The van der Waals surface area contributed by atoms with E-state index in [1.165, 1.54) is 62.6 Å². The van der Waals surface area contributed by atoms with E-state index in [0.717, 1.165) is 0 Å². The Morgan fingerprint density at radius 1 is 0.767 bits per heavy atom. The van der Waals surface area contributed by atoms with E-state index >= 15 is 0 Å². The number of fused-ring (bicyclic) bond motifs is 6. The van der Waals surface area contributed by atoms with Gasteiger partial charge in [-0.3, -0.25) is 0 Å². The molecule has 144 valence electrons. The Hall–Kier alpha value is -2.59. The average Bonchev–Trinajstić information content (AvgIpc) is 3.45. The molecule has 0 bridgehead atoms. The number of thiophene rings is 2. The Kier molecular flexibility index (Phi) is 4.24. The van der Waals surface area contributed by atoms with Crippen LogP contribution in [-0.2, 0) is 0 Å². The molecule has 6 rings (SSSR count). The van der Waals surface area contributed by atoms with Crippen molar-refractivity contribution in [2.24, 2.45) is 0 Å². The van der Waals surface area contributed by atoms with E-state index in [2.05, 4.69) is 84.9 Å². The van der Waals surface area contributed by atoms with Crippen molar-refractivity contribution in [2.75, 3.05) is 6.26 Å². The summed E-state index contributed by atoms with van der Waals surface area (Å²) >= 11 is 5.47. The monoisotopic (exact) mass is 438 g/mol. The number of benzene rings is 4. The number of hydrogen-bond donors (Lipinski definition) is 0. The second-order valence-corrected chi connectivity index (χ2v) is 10.3. The molecule has 30 heavy (non-hydrogen) atoms. The molecule has 0 aliphatic carbocycles. The van der Waals surface area contributed by atoms with Crippen molar-refractivity contribution in [3.63, 3.8) is 0 Å². The summed E-state index contributed by atoms with van der Waals surface area (Å²) in [6.07, 6.45) is 4.09. The van der Waals surface area contributed by atoms with Crippen LogP contribution in [0.25, 0.3) is 58.2 Å². The molecule has 4 aromatic carbocycles. The highest BCUT2D eigenvalue weighted by Gasteiger charge is 2.11. The molecule has 6 aromatic rings. The van der Waals surface area contributed by atoms with Crippen molar-refractivity contribution in [3.05, 3.63) is 84.3 Å². The third-order valence-corrected chi connectivity index (χ3v) is 8.76. The van der Waals surface area contributed by atoms with Gasteiger partial charge in [0.25, 0.3) is 0 Å². The summed E-state index contributed by atoms with van der Waals surface area (Å²) in [5.74, 6) is 0. The molecule has 3 heteroatoms. The summed E-state index contributed by atoms with van der Waals surface area (Å²) in [4.78, 5) is 3.97. The maximum Gasteiger partial charge on any atom is 0.0455 e. The minimum Gasteiger partial charge on any atom is -0.143 e. The van der Waals surface area contributed by atoms with E-state index in [1.807, 2.05) is 17.4 Å². The van der Waals surface area contributed by atoms with Gasteiger partial charge >= 0.3 is 0 Å². The highest BCUT2D eigenvalue weighted by molar-refractivity contribution is 7.98. The molecular weight excluding hydrogens is 420 g/mol. The van der Waals surface area contributed by atoms with E-state index in [9.17, 15) is 0 Å². The first-order valence-electron chi connectivity index (χ1n) is 9.82. The van der Waals surface area contributed by atoms with Crippen LogP contribution in [0.5, 0.6) is 0 Å². The quantitative estimate of drug-likeness (QED) is 0.196. The zero-order valence-corrected chi connectivity index (χ0v) is 18.9. The van der Waals surface area contributed by atoms with Crippen LogP contribution in [0.1, 0.15) is 5.56 Å². The van der Waals surface area contributed by atoms with Gasteiger partial charge in [0.2, 0.25) is 0 Å². The number of hydrogen-bond acceptors (Lipinski definition) is 3. The van der Waals surface area contributed by atoms with E-state index in [1.54, 1.807) is 23.1 Å². The second-order valence-electron chi connectivity index (χ2n) is 7.44. The molecule has 0 saturated carbocycles. The van der Waals surface area contributed by atoms with Gasteiger partial charge in [0.1, 0.15) is 0 Å². The summed E-state index contributed by atoms with van der Waals surface area (Å²) in [6, 6.07) is 25.1. The van der Waals surface area contributed by atoms with Crippen molar-refractivity contribution in [1.29, 1.82) is 0 Å². The molecular formula is C27H18S3. The lowest BCUT2D eigenvalue weighted by Gasteiger charge is -2.11. The molecule has 0 spiro atoms. The second kappa shape index (κ2) is 6.98. The first kappa shape index (κ1) is 18.2. The highest BCUT2D eigenvalue weighted by Crippen LogP contribution is 2.40. The van der Waals surface area contributed by atoms with E-state index in [4.69, 9.17) is 0 Å². The van der Waals surface area contributed by atoms with Gasteiger partial charge in [-0.2, -0.15) is 0 Å². The van der Waals surface area contributed by atoms with Crippen LogP contribution >= 0.6 is 34.4 Å². The maximum absolute atomic E-state index is 4.02. The predicted octanol–water partition coefficient (Wildman–Crippen LogP) is 9.45. The van der Waals surface area contributed by atoms with Crippen LogP contribution in [0.2, 0.25) is 0 Å². The van der Waals surface area contributed by atoms with E-state index in [0.29, 0.717) is 0 Å². The summed E-state index contributed by atoms with van der Waals surface area (Å²) in [5.41, 5.74) is 1.21. The Balaban J connectivity index is 1.65. The average molecular weight is 439 g/mol. The van der Waals surface area contributed by atoms with Crippen molar-refractivity contribution in [3.8, 4) is 9.75 Å². The Labute approximate surface area is 187 Å². The Morgan fingerprint density at radius 3 is 2.23 bits per heavy atom. The largest absolute Gasteiger partial charge is 0.143 e. The number of thioether (sulfide) groups is 1. The predicted molar refractivity (Wildman–Crippen MR) is 140 cm³/mol. The molecule has 0 nitrogen and oxygen atoms in total. The topological polar surface area (TPSA) is 0 Å². The zero-order valence-electron chi connectivity index (χ0n) is 16.4. The van der Waals surface area contributed by atoms with Crippen LogP contribution in [0.15, 0.2) is 83.6 Å². The highest BCUT2D eigenvalue weighted by atomic mass is 32.2.